The molecule has 0 spiro atoms. The standard InChI is InChI=1S/C20H24O2S2/c1-15-6-10-17(11-7-15)23(21)19(14-20(3,4)5)24(22)18-12-8-16(2)9-13-18/h6-14H,1-5H3. The lowest BCUT2D eigenvalue weighted by atomic mass is 9.98. The third-order valence-corrected chi connectivity index (χ3v) is 6.66. The van der Waals surface area contributed by atoms with Gasteiger partial charge in [0.25, 0.3) is 0 Å². The highest BCUT2D eigenvalue weighted by atomic mass is 32.2. The molecule has 2 atom stereocenters. The lowest BCUT2D eigenvalue weighted by Crippen LogP contribution is -2.10. The van der Waals surface area contributed by atoms with Crippen LogP contribution in [0.5, 0.6) is 0 Å². The topological polar surface area (TPSA) is 34.1 Å². The quantitative estimate of drug-likeness (QED) is 0.759. The average Bonchev–Trinajstić information content (AvgIpc) is 2.52. The van der Waals surface area contributed by atoms with Crippen LogP contribution >= 0.6 is 0 Å². The molecule has 0 saturated heterocycles. The molecule has 0 heterocycles. The number of aryl methyl sites for hydroxylation is 2. The molecule has 2 aromatic carbocycles. The average molecular weight is 361 g/mol. The van der Waals surface area contributed by atoms with Gasteiger partial charge in [-0.25, -0.2) is 8.42 Å². The molecule has 0 radical (unpaired) electrons. The Kier molecular flexibility index (Phi) is 5.94. The molecule has 2 nitrogen and oxygen atoms in total. The molecule has 0 aliphatic carbocycles. The molecular weight excluding hydrogens is 336 g/mol. The molecule has 0 aromatic heterocycles. The highest BCUT2D eigenvalue weighted by molar-refractivity contribution is 8.08. The Balaban J connectivity index is 2.47. The molecule has 0 fully saturated rings. The second-order valence-electron chi connectivity index (χ2n) is 6.99. The summed E-state index contributed by atoms with van der Waals surface area (Å²) < 4.78 is 26.6. The van der Waals surface area contributed by atoms with Crippen molar-refractivity contribution < 1.29 is 8.42 Å². The molecule has 2 unspecified atom stereocenters. The van der Waals surface area contributed by atoms with Crippen molar-refractivity contribution in [3.63, 3.8) is 0 Å². The van der Waals surface area contributed by atoms with Gasteiger partial charge in [0.15, 0.2) is 0 Å². The Labute approximate surface area is 149 Å². The van der Waals surface area contributed by atoms with E-state index in [0.717, 1.165) is 11.1 Å². The first-order valence-corrected chi connectivity index (χ1v) is 10.2. The third kappa shape index (κ3) is 4.99. The molecule has 0 bridgehead atoms. The van der Waals surface area contributed by atoms with Crippen molar-refractivity contribution in [3.8, 4) is 0 Å². The van der Waals surface area contributed by atoms with E-state index >= 15 is 0 Å². The van der Waals surface area contributed by atoms with Crippen LogP contribution in [-0.2, 0) is 21.6 Å². The Morgan fingerprint density at radius 3 is 1.38 bits per heavy atom. The predicted octanol–water partition coefficient (Wildman–Crippen LogP) is 5.11. The lowest BCUT2D eigenvalue weighted by molar-refractivity contribution is 0.543. The van der Waals surface area contributed by atoms with Gasteiger partial charge < -0.3 is 0 Å². The summed E-state index contributed by atoms with van der Waals surface area (Å²) in [5.41, 5.74) is 2.00. The maximum absolute atomic E-state index is 13.1. The third-order valence-electron chi connectivity index (χ3n) is 3.39. The molecule has 24 heavy (non-hydrogen) atoms. The lowest BCUT2D eigenvalue weighted by Gasteiger charge is -2.16. The van der Waals surface area contributed by atoms with Crippen molar-refractivity contribution in [2.45, 2.75) is 44.4 Å². The number of hydrogen-bond acceptors (Lipinski definition) is 2. The largest absolute Gasteiger partial charge is 0.248 e. The summed E-state index contributed by atoms with van der Waals surface area (Å²) in [6.45, 7) is 10.0. The maximum atomic E-state index is 13.1. The van der Waals surface area contributed by atoms with Crippen LogP contribution in [0.1, 0.15) is 31.9 Å². The van der Waals surface area contributed by atoms with Crippen molar-refractivity contribution in [2.75, 3.05) is 0 Å². The van der Waals surface area contributed by atoms with Gasteiger partial charge >= 0.3 is 0 Å². The van der Waals surface area contributed by atoms with Crippen LogP contribution in [0, 0.1) is 19.3 Å². The highest BCUT2D eigenvalue weighted by Gasteiger charge is 2.22. The molecule has 0 N–H and O–H groups in total. The fourth-order valence-corrected chi connectivity index (χ4v) is 5.37. The second kappa shape index (κ2) is 7.58. The number of benzene rings is 2. The van der Waals surface area contributed by atoms with Crippen molar-refractivity contribution in [1.82, 2.24) is 0 Å². The van der Waals surface area contributed by atoms with Gasteiger partial charge in [0.1, 0.15) is 4.24 Å². The summed E-state index contributed by atoms with van der Waals surface area (Å²) in [6, 6.07) is 15.1. The molecule has 0 aliphatic heterocycles. The Morgan fingerprint density at radius 2 is 1.08 bits per heavy atom. The van der Waals surface area contributed by atoms with Gasteiger partial charge in [-0.3, -0.25) is 0 Å². The van der Waals surface area contributed by atoms with Crippen LogP contribution < -0.4 is 0 Å². The molecule has 2 aromatic rings. The Morgan fingerprint density at radius 1 is 0.750 bits per heavy atom. The normalized spacial score (nSPS) is 14.0. The molecular formula is C20H24O2S2. The zero-order chi connectivity index (χ0) is 17.9. The fraction of sp³-hybridized carbons (Fsp3) is 0.300. The van der Waals surface area contributed by atoms with E-state index in [1.807, 2.05) is 89.2 Å². The van der Waals surface area contributed by atoms with Gasteiger partial charge in [-0.2, -0.15) is 0 Å². The van der Waals surface area contributed by atoms with E-state index < -0.39 is 21.6 Å². The van der Waals surface area contributed by atoms with Crippen LogP contribution in [0.25, 0.3) is 0 Å². The first-order valence-electron chi connectivity index (χ1n) is 7.87. The monoisotopic (exact) mass is 360 g/mol. The van der Waals surface area contributed by atoms with E-state index in [9.17, 15) is 8.42 Å². The smallest absolute Gasteiger partial charge is 0.109 e. The van der Waals surface area contributed by atoms with Crippen LogP contribution in [0.15, 0.2) is 68.6 Å². The van der Waals surface area contributed by atoms with E-state index in [1.165, 1.54) is 0 Å². The predicted molar refractivity (Wildman–Crippen MR) is 103 cm³/mol. The van der Waals surface area contributed by atoms with Gasteiger partial charge in [-0.15, -0.1) is 0 Å². The summed E-state index contributed by atoms with van der Waals surface area (Å²) in [5.74, 6) is 0. The van der Waals surface area contributed by atoms with E-state index in [2.05, 4.69) is 0 Å². The summed E-state index contributed by atoms with van der Waals surface area (Å²) in [7, 11) is -2.90. The van der Waals surface area contributed by atoms with E-state index in [-0.39, 0.29) is 5.41 Å². The van der Waals surface area contributed by atoms with E-state index in [0.29, 0.717) is 14.0 Å². The van der Waals surface area contributed by atoms with Crippen molar-refractivity contribution in [1.29, 1.82) is 0 Å². The van der Waals surface area contributed by atoms with Crippen molar-refractivity contribution in [2.24, 2.45) is 5.41 Å². The minimum atomic E-state index is -1.45. The van der Waals surface area contributed by atoms with Gasteiger partial charge in [0.05, 0.1) is 21.6 Å². The van der Waals surface area contributed by atoms with Crippen LogP contribution in [-0.4, -0.2) is 8.42 Å². The van der Waals surface area contributed by atoms with Crippen molar-refractivity contribution in [3.05, 3.63) is 70.0 Å². The maximum Gasteiger partial charge on any atom is 0.109 e. The summed E-state index contributed by atoms with van der Waals surface area (Å²) >= 11 is 0. The summed E-state index contributed by atoms with van der Waals surface area (Å²) in [5, 5.41) is 0. The number of allylic oxidation sites excluding steroid dienone is 1. The zero-order valence-electron chi connectivity index (χ0n) is 14.8. The first kappa shape index (κ1) is 18.8. The SMILES string of the molecule is Cc1ccc(S(=O)C(=CC(C)(C)C)S(=O)c2ccc(C)cc2)cc1. The minimum Gasteiger partial charge on any atom is -0.248 e. The van der Waals surface area contributed by atoms with Crippen LogP contribution in [0.4, 0.5) is 0 Å². The number of rotatable bonds is 4. The molecule has 0 saturated carbocycles. The molecule has 128 valence electrons. The van der Waals surface area contributed by atoms with E-state index in [4.69, 9.17) is 0 Å². The molecule has 0 amide bonds. The van der Waals surface area contributed by atoms with Gasteiger partial charge in [-0.05, 0) is 43.5 Å². The van der Waals surface area contributed by atoms with Gasteiger partial charge in [0.2, 0.25) is 0 Å². The Hall–Kier alpha value is -1.52. The summed E-state index contributed by atoms with van der Waals surface area (Å²) in [6.07, 6.45) is 1.87. The summed E-state index contributed by atoms with van der Waals surface area (Å²) in [4.78, 5) is 1.35. The minimum absolute atomic E-state index is 0.212. The van der Waals surface area contributed by atoms with Gasteiger partial charge in [-0.1, -0.05) is 62.2 Å². The molecule has 2 rings (SSSR count). The second-order valence-corrected chi connectivity index (χ2v) is 10.1. The fourth-order valence-electron chi connectivity index (χ4n) is 2.09. The zero-order valence-corrected chi connectivity index (χ0v) is 16.5. The highest BCUT2D eigenvalue weighted by Crippen LogP contribution is 2.28. The number of hydrogen-bond donors (Lipinski definition) is 0. The van der Waals surface area contributed by atoms with Crippen molar-refractivity contribution >= 4 is 21.6 Å². The molecule has 0 aliphatic rings. The van der Waals surface area contributed by atoms with E-state index in [1.54, 1.807) is 0 Å². The van der Waals surface area contributed by atoms with Crippen LogP contribution in [0.3, 0.4) is 0 Å². The van der Waals surface area contributed by atoms with Crippen LogP contribution in [0.2, 0.25) is 0 Å². The molecule has 4 heteroatoms. The Bertz CT molecular complexity index is 720. The van der Waals surface area contributed by atoms with Gasteiger partial charge in [0, 0.05) is 9.79 Å². The first-order chi connectivity index (χ1) is 11.2.